The predicted molar refractivity (Wildman–Crippen MR) is 151 cm³/mol. The van der Waals surface area contributed by atoms with Crippen LogP contribution in [-0.2, 0) is 28.2 Å². The standard InChI is InChI=1S/C29H49O8P/c1-3-5-7-9-10-11-12-13-14-15-16-17-18-20-22-24-29(31)37-27(26-36-38(32,33)34)25-35-28(30)23-21-19-8-6-4-2/h5,7,10-11,13-14,16-17,27H,3-4,6,8-9,12,15,18-26H2,1-2H3,(H2,32,33,34)/b7-5-,11-10-,14-13-,17-16-. The number of carbonyl (C=O) groups is 2. The van der Waals surface area contributed by atoms with Crippen molar-refractivity contribution in [3.63, 3.8) is 0 Å². The van der Waals surface area contributed by atoms with Gasteiger partial charge in [0.25, 0.3) is 0 Å². The lowest BCUT2D eigenvalue weighted by molar-refractivity contribution is -0.161. The van der Waals surface area contributed by atoms with Crippen LogP contribution >= 0.6 is 7.82 Å². The molecule has 8 nitrogen and oxygen atoms in total. The summed E-state index contributed by atoms with van der Waals surface area (Å²) in [4.78, 5) is 42.0. The highest BCUT2D eigenvalue weighted by atomic mass is 31.2. The summed E-state index contributed by atoms with van der Waals surface area (Å²) in [7, 11) is -4.74. The summed E-state index contributed by atoms with van der Waals surface area (Å²) in [5, 5.41) is 0. The zero-order valence-corrected chi connectivity index (χ0v) is 24.2. The van der Waals surface area contributed by atoms with Gasteiger partial charge in [-0.3, -0.25) is 14.1 Å². The van der Waals surface area contributed by atoms with E-state index in [1.807, 2.05) is 0 Å². The first-order chi connectivity index (χ1) is 18.3. The Kier molecular flexibility index (Phi) is 24.0. The molecule has 0 spiro atoms. The van der Waals surface area contributed by atoms with E-state index in [1.54, 1.807) is 0 Å². The summed E-state index contributed by atoms with van der Waals surface area (Å²) in [5.74, 6) is -0.957. The molecule has 2 N–H and O–H groups in total. The summed E-state index contributed by atoms with van der Waals surface area (Å²) in [6.45, 7) is 3.38. The van der Waals surface area contributed by atoms with E-state index >= 15 is 0 Å². The molecule has 0 radical (unpaired) electrons. The quantitative estimate of drug-likeness (QED) is 0.0551. The Morgan fingerprint density at radius 2 is 1.26 bits per heavy atom. The Balaban J connectivity index is 4.16. The van der Waals surface area contributed by atoms with Gasteiger partial charge in [-0.2, -0.15) is 0 Å². The second-order valence-electron chi connectivity index (χ2n) is 8.99. The summed E-state index contributed by atoms with van der Waals surface area (Å²) in [5.41, 5.74) is 0. The molecule has 0 aromatic rings. The summed E-state index contributed by atoms with van der Waals surface area (Å²) in [6.07, 6.45) is 27.4. The van der Waals surface area contributed by atoms with Crippen molar-refractivity contribution >= 4 is 19.8 Å². The Morgan fingerprint density at radius 3 is 1.87 bits per heavy atom. The molecule has 0 rings (SSSR count). The second-order valence-corrected chi connectivity index (χ2v) is 10.2. The normalized spacial score (nSPS) is 13.3. The van der Waals surface area contributed by atoms with Crippen molar-refractivity contribution in [1.29, 1.82) is 0 Å². The van der Waals surface area contributed by atoms with Gasteiger partial charge in [0.15, 0.2) is 6.10 Å². The van der Waals surface area contributed by atoms with Crippen LogP contribution in [0.1, 0.15) is 104 Å². The third-order valence-electron chi connectivity index (χ3n) is 5.36. The van der Waals surface area contributed by atoms with E-state index in [0.29, 0.717) is 12.8 Å². The topological polar surface area (TPSA) is 119 Å². The molecule has 9 heteroatoms. The number of phosphoric ester groups is 1. The maximum atomic E-state index is 12.2. The van der Waals surface area contributed by atoms with Crippen molar-refractivity contribution in [3.05, 3.63) is 48.6 Å². The summed E-state index contributed by atoms with van der Waals surface area (Å²) in [6, 6.07) is 0. The molecule has 0 fully saturated rings. The van der Waals surface area contributed by atoms with E-state index in [2.05, 4.69) is 67.0 Å². The van der Waals surface area contributed by atoms with Crippen molar-refractivity contribution in [2.24, 2.45) is 0 Å². The molecule has 0 amide bonds. The van der Waals surface area contributed by atoms with E-state index < -0.39 is 32.5 Å². The lowest BCUT2D eigenvalue weighted by Gasteiger charge is -2.18. The molecule has 0 saturated carbocycles. The first-order valence-corrected chi connectivity index (χ1v) is 15.5. The molecule has 1 unspecified atom stereocenters. The number of hydrogen-bond donors (Lipinski definition) is 2. The molecular weight excluding hydrogens is 507 g/mol. The van der Waals surface area contributed by atoms with Gasteiger partial charge in [-0.15, -0.1) is 0 Å². The third kappa shape index (κ3) is 27.1. The van der Waals surface area contributed by atoms with Crippen LogP contribution in [0.5, 0.6) is 0 Å². The molecular formula is C29H49O8P. The number of esters is 2. The monoisotopic (exact) mass is 556 g/mol. The van der Waals surface area contributed by atoms with E-state index in [9.17, 15) is 14.2 Å². The number of hydrogen-bond acceptors (Lipinski definition) is 6. The highest BCUT2D eigenvalue weighted by molar-refractivity contribution is 7.46. The van der Waals surface area contributed by atoms with Gasteiger partial charge in [0.2, 0.25) is 0 Å². The molecule has 0 aromatic heterocycles. The average molecular weight is 557 g/mol. The first-order valence-electron chi connectivity index (χ1n) is 13.9. The summed E-state index contributed by atoms with van der Waals surface area (Å²) >= 11 is 0. The van der Waals surface area contributed by atoms with E-state index in [-0.39, 0.29) is 19.4 Å². The lowest BCUT2D eigenvalue weighted by Crippen LogP contribution is -2.29. The van der Waals surface area contributed by atoms with Gasteiger partial charge in [-0.25, -0.2) is 4.57 Å². The van der Waals surface area contributed by atoms with Crippen LogP contribution in [0.15, 0.2) is 48.6 Å². The SMILES string of the molecule is CC/C=C\C/C=C\C/C=C\C/C=C\CCCCC(=O)OC(COC(=O)CCCCCCC)COP(=O)(O)O. The number of unbranched alkanes of at least 4 members (excludes halogenated alkanes) is 6. The molecule has 0 bridgehead atoms. The smallest absolute Gasteiger partial charge is 0.462 e. The molecule has 38 heavy (non-hydrogen) atoms. The van der Waals surface area contributed by atoms with Crippen LogP contribution in [0.2, 0.25) is 0 Å². The maximum absolute atomic E-state index is 12.2. The molecule has 0 aromatic carbocycles. The highest BCUT2D eigenvalue weighted by Gasteiger charge is 2.22. The second kappa shape index (κ2) is 25.3. The molecule has 0 aliphatic heterocycles. The molecule has 0 saturated heterocycles. The van der Waals surface area contributed by atoms with Crippen LogP contribution in [0.4, 0.5) is 0 Å². The molecule has 0 heterocycles. The minimum absolute atomic E-state index is 0.158. The predicted octanol–water partition coefficient (Wildman–Crippen LogP) is 7.28. The Hall–Kier alpha value is -1.99. The number of ether oxygens (including phenoxy) is 2. The fourth-order valence-corrected chi connectivity index (χ4v) is 3.66. The Bertz CT molecular complexity index is 767. The highest BCUT2D eigenvalue weighted by Crippen LogP contribution is 2.35. The number of carbonyl (C=O) groups excluding carboxylic acids is 2. The fourth-order valence-electron chi connectivity index (χ4n) is 3.30. The molecule has 0 aliphatic rings. The lowest BCUT2D eigenvalue weighted by atomic mass is 10.1. The van der Waals surface area contributed by atoms with Crippen LogP contribution in [0, 0.1) is 0 Å². The third-order valence-corrected chi connectivity index (χ3v) is 5.85. The van der Waals surface area contributed by atoms with Crippen LogP contribution < -0.4 is 0 Å². The van der Waals surface area contributed by atoms with Gasteiger partial charge in [0, 0.05) is 12.8 Å². The molecule has 218 valence electrons. The minimum Gasteiger partial charge on any atom is -0.462 e. The number of allylic oxidation sites excluding steroid dienone is 8. The Morgan fingerprint density at radius 1 is 0.711 bits per heavy atom. The van der Waals surface area contributed by atoms with Gasteiger partial charge in [0.1, 0.15) is 6.61 Å². The van der Waals surface area contributed by atoms with E-state index in [0.717, 1.165) is 64.2 Å². The van der Waals surface area contributed by atoms with Crippen LogP contribution in [-0.4, -0.2) is 41.0 Å². The Labute approximate surface area is 229 Å². The largest absolute Gasteiger partial charge is 0.469 e. The van der Waals surface area contributed by atoms with Gasteiger partial charge in [-0.1, -0.05) is 88.1 Å². The van der Waals surface area contributed by atoms with Crippen molar-refractivity contribution < 1.29 is 37.9 Å². The van der Waals surface area contributed by atoms with Gasteiger partial charge >= 0.3 is 19.8 Å². The van der Waals surface area contributed by atoms with Crippen molar-refractivity contribution in [2.45, 2.75) is 110 Å². The van der Waals surface area contributed by atoms with Crippen molar-refractivity contribution in [2.75, 3.05) is 13.2 Å². The first kappa shape index (κ1) is 36.0. The van der Waals surface area contributed by atoms with Crippen LogP contribution in [0.3, 0.4) is 0 Å². The fraction of sp³-hybridized carbons (Fsp3) is 0.655. The van der Waals surface area contributed by atoms with Crippen LogP contribution in [0.25, 0.3) is 0 Å². The van der Waals surface area contributed by atoms with E-state index in [1.165, 1.54) is 0 Å². The van der Waals surface area contributed by atoms with Gasteiger partial charge in [-0.05, 0) is 51.4 Å². The minimum atomic E-state index is -4.74. The van der Waals surface area contributed by atoms with Crippen molar-refractivity contribution in [3.8, 4) is 0 Å². The van der Waals surface area contributed by atoms with Gasteiger partial charge < -0.3 is 19.3 Å². The molecule has 0 aliphatic carbocycles. The van der Waals surface area contributed by atoms with E-state index in [4.69, 9.17) is 19.3 Å². The summed E-state index contributed by atoms with van der Waals surface area (Å²) < 4.78 is 25.9. The number of rotatable bonds is 24. The zero-order valence-electron chi connectivity index (χ0n) is 23.3. The zero-order chi connectivity index (χ0) is 28.3. The number of phosphoric acid groups is 1. The molecule has 1 atom stereocenters. The van der Waals surface area contributed by atoms with Gasteiger partial charge in [0.05, 0.1) is 6.61 Å². The average Bonchev–Trinajstić information content (AvgIpc) is 2.87. The van der Waals surface area contributed by atoms with Crippen molar-refractivity contribution in [1.82, 2.24) is 0 Å². The maximum Gasteiger partial charge on any atom is 0.469 e.